The van der Waals surface area contributed by atoms with Crippen molar-refractivity contribution >= 4 is 5.69 Å². The van der Waals surface area contributed by atoms with Crippen LogP contribution in [0.5, 0.6) is 0 Å². The highest BCUT2D eigenvalue weighted by Gasteiger charge is 2.24. The van der Waals surface area contributed by atoms with E-state index in [4.69, 9.17) is 5.73 Å². The summed E-state index contributed by atoms with van der Waals surface area (Å²) in [6.07, 6.45) is 7.40. The van der Waals surface area contributed by atoms with Crippen molar-refractivity contribution in [1.82, 2.24) is 9.55 Å². The minimum atomic E-state index is 0.196. The summed E-state index contributed by atoms with van der Waals surface area (Å²) < 4.78 is 2.07. The highest BCUT2D eigenvalue weighted by Crippen LogP contribution is 2.32. The number of nitrogens with zero attached hydrogens (tertiary/aromatic N) is 3. The number of hydrogen-bond donors (Lipinski definition) is 1. The molecule has 0 spiro atoms. The Bertz CT molecular complexity index is 575. The summed E-state index contributed by atoms with van der Waals surface area (Å²) >= 11 is 0. The molecule has 4 nitrogen and oxygen atoms in total. The van der Waals surface area contributed by atoms with Gasteiger partial charge in [0.15, 0.2) is 0 Å². The first-order chi connectivity index (χ1) is 9.81. The molecule has 4 heteroatoms. The van der Waals surface area contributed by atoms with Gasteiger partial charge in [-0.05, 0) is 30.9 Å². The molecular weight excluding hydrogens is 248 g/mol. The summed E-state index contributed by atoms with van der Waals surface area (Å²) in [4.78, 5) is 6.70. The lowest BCUT2D eigenvalue weighted by Gasteiger charge is -2.33. The minimum absolute atomic E-state index is 0.196. The third-order valence-electron chi connectivity index (χ3n) is 4.19. The molecule has 0 saturated carbocycles. The van der Waals surface area contributed by atoms with E-state index in [0.717, 1.165) is 13.0 Å². The first-order valence-electron chi connectivity index (χ1n) is 7.32. The van der Waals surface area contributed by atoms with Gasteiger partial charge in [-0.25, -0.2) is 4.98 Å². The molecule has 1 aromatic carbocycles. The number of hydrogen-bond acceptors (Lipinski definition) is 3. The molecule has 0 aliphatic carbocycles. The molecule has 0 bridgehead atoms. The molecule has 2 N–H and O–H groups in total. The highest BCUT2D eigenvalue weighted by molar-refractivity contribution is 5.56. The van der Waals surface area contributed by atoms with E-state index in [-0.39, 0.29) is 6.04 Å². The van der Waals surface area contributed by atoms with Gasteiger partial charge < -0.3 is 15.2 Å². The Labute approximate surface area is 120 Å². The maximum absolute atomic E-state index is 6.09. The van der Waals surface area contributed by atoms with E-state index < -0.39 is 0 Å². The fraction of sp³-hybridized carbons (Fsp3) is 0.438. The van der Waals surface area contributed by atoms with Crippen LogP contribution in [-0.4, -0.2) is 22.6 Å². The second-order valence-corrected chi connectivity index (χ2v) is 5.46. The van der Waals surface area contributed by atoms with Gasteiger partial charge in [-0.15, -0.1) is 0 Å². The summed E-state index contributed by atoms with van der Waals surface area (Å²) in [7, 11) is 2.04. The zero-order valence-electron chi connectivity index (χ0n) is 12.0. The van der Waals surface area contributed by atoms with Gasteiger partial charge in [-0.2, -0.15) is 0 Å². The summed E-state index contributed by atoms with van der Waals surface area (Å²) in [6, 6.07) is 8.91. The first kappa shape index (κ1) is 13.2. The Kier molecular flexibility index (Phi) is 3.74. The van der Waals surface area contributed by atoms with Crippen molar-refractivity contribution < 1.29 is 0 Å². The van der Waals surface area contributed by atoms with E-state index in [1.54, 1.807) is 0 Å². The van der Waals surface area contributed by atoms with Crippen LogP contribution in [0.4, 0.5) is 5.69 Å². The van der Waals surface area contributed by atoms with E-state index in [2.05, 4.69) is 38.7 Å². The number of anilines is 1. The molecule has 0 fully saturated rings. The number of imidazole rings is 1. The fourth-order valence-corrected chi connectivity index (χ4v) is 3.14. The largest absolute Gasteiger partial charge is 0.361 e. The maximum Gasteiger partial charge on any atom is 0.0946 e. The van der Waals surface area contributed by atoms with Crippen LogP contribution in [0.15, 0.2) is 36.8 Å². The van der Waals surface area contributed by atoms with Crippen LogP contribution in [0, 0.1) is 0 Å². The molecule has 20 heavy (non-hydrogen) atoms. The van der Waals surface area contributed by atoms with Crippen LogP contribution in [0.1, 0.15) is 30.1 Å². The van der Waals surface area contributed by atoms with E-state index in [1.165, 1.54) is 29.8 Å². The van der Waals surface area contributed by atoms with Gasteiger partial charge in [-0.1, -0.05) is 18.2 Å². The monoisotopic (exact) mass is 270 g/mol. The number of para-hydroxylation sites is 1. The third kappa shape index (κ3) is 2.31. The lowest BCUT2D eigenvalue weighted by molar-refractivity contribution is 0.580. The van der Waals surface area contributed by atoms with E-state index >= 15 is 0 Å². The SMILES string of the molecule is Cn1cncc1C(CN)N1CCCCc2ccccc21. The molecular formula is C16H22N4. The number of aryl methyl sites for hydroxylation is 2. The lowest BCUT2D eigenvalue weighted by Crippen LogP contribution is -2.35. The molecule has 1 aliphatic rings. The van der Waals surface area contributed by atoms with Gasteiger partial charge in [0.1, 0.15) is 0 Å². The minimum Gasteiger partial charge on any atom is -0.361 e. The average Bonchev–Trinajstić information content (AvgIpc) is 2.77. The highest BCUT2D eigenvalue weighted by atomic mass is 15.2. The van der Waals surface area contributed by atoms with Crippen molar-refractivity contribution in [2.75, 3.05) is 18.0 Å². The molecule has 1 unspecified atom stereocenters. The van der Waals surface area contributed by atoms with Crippen LogP contribution in [0.25, 0.3) is 0 Å². The fourth-order valence-electron chi connectivity index (χ4n) is 3.14. The molecule has 3 rings (SSSR count). The molecule has 2 heterocycles. The maximum atomic E-state index is 6.09. The van der Waals surface area contributed by atoms with Crippen molar-refractivity contribution in [3.63, 3.8) is 0 Å². The normalized spacial score (nSPS) is 16.6. The zero-order valence-corrected chi connectivity index (χ0v) is 12.0. The van der Waals surface area contributed by atoms with Gasteiger partial charge in [0.05, 0.1) is 24.3 Å². The van der Waals surface area contributed by atoms with Crippen LogP contribution >= 0.6 is 0 Å². The Morgan fingerprint density at radius 1 is 1.30 bits per heavy atom. The Morgan fingerprint density at radius 3 is 2.90 bits per heavy atom. The van der Waals surface area contributed by atoms with Crippen LogP contribution < -0.4 is 10.6 Å². The van der Waals surface area contributed by atoms with Gasteiger partial charge >= 0.3 is 0 Å². The predicted octanol–water partition coefficient (Wildman–Crippen LogP) is 2.26. The predicted molar refractivity (Wildman–Crippen MR) is 81.7 cm³/mol. The standard InChI is InChI=1S/C16H22N4/c1-19-12-18-11-16(19)15(10-17)20-9-5-4-7-13-6-2-3-8-14(13)20/h2-3,6,8,11-12,15H,4-5,7,9-10,17H2,1H3. The van der Waals surface area contributed by atoms with Gasteiger partial charge in [0.2, 0.25) is 0 Å². The summed E-state index contributed by atoms with van der Waals surface area (Å²) in [5, 5.41) is 0. The van der Waals surface area contributed by atoms with Gasteiger partial charge in [-0.3, -0.25) is 0 Å². The van der Waals surface area contributed by atoms with E-state index in [1.807, 2.05) is 19.6 Å². The first-order valence-corrected chi connectivity index (χ1v) is 7.32. The number of aromatic nitrogens is 2. The molecule has 106 valence electrons. The summed E-state index contributed by atoms with van der Waals surface area (Å²) in [5.74, 6) is 0. The molecule has 1 atom stereocenters. The van der Waals surface area contributed by atoms with Crippen LogP contribution in [-0.2, 0) is 13.5 Å². The second kappa shape index (κ2) is 5.67. The molecule has 2 aromatic rings. The number of rotatable bonds is 3. The molecule has 0 saturated heterocycles. The smallest absolute Gasteiger partial charge is 0.0946 e. The Hall–Kier alpha value is -1.81. The number of fused-ring (bicyclic) bond motifs is 1. The van der Waals surface area contributed by atoms with Crippen LogP contribution in [0.2, 0.25) is 0 Å². The van der Waals surface area contributed by atoms with Gasteiger partial charge in [0.25, 0.3) is 0 Å². The summed E-state index contributed by atoms with van der Waals surface area (Å²) in [5.41, 5.74) is 10.0. The topological polar surface area (TPSA) is 47.1 Å². The van der Waals surface area contributed by atoms with Crippen molar-refractivity contribution in [2.24, 2.45) is 12.8 Å². The Balaban J connectivity index is 2.01. The van der Waals surface area contributed by atoms with Crippen LogP contribution in [0.3, 0.4) is 0 Å². The average molecular weight is 270 g/mol. The molecule has 0 amide bonds. The van der Waals surface area contributed by atoms with E-state index in [9.17, 15) is 0 Å². The van der Waals surface area contributed by atoms with E-state index in [0.29, 0.717) is 6.54 Å². The number of benzene rings is 1. The molecule has 0 radical (unpaired) electrons. The third-order valence-corrected chi connectivity index (χ3v) is 4.19. The van der Waals surface area contributed by atoms with Crippen molar-refractivity contribution in [2.45, 2.75) is 25.3 Å². The van der Waals surface area contributed by atoms with Crippen molar-refractivity contribution in [1.29, 1.82) is 0 Å². The Morgan fingerprint density at radius 2 is 2.15 bits per heavy atom. The zero-order chi connectivity index (χ0) is 13.9. The molecule has 1 aromatic heterocycles. The summed E-state index contributed by atoms with van der Waals surface area (Å²) in [6.45, 7) is 1.66. The lowest BCUT2D eigenvalue weighted by atomic mass is 10.1. The second-order valence-electron chi connectivity index (χ2n) is 5.46. The van der Waals surface area contributed by atoms with Gasteiger partial charge in [0, 0.05) is 25.8 Å². The number of nitrogens with two attached hydrogens (primary N) is 1. The molecule has 1 aliphatic heterocycles. The quantitative estimate of drug-likeness (QED) is 0.930. The van der Waals surface area contributed by atoms with Crippen molar-refractivity contribution in [3.8, 4) is 0 Å². The van der Waals surface area contributed by atoms with Crippen molar-refractivity contribution in [3.05, 3.63) is 48.0 Å².